The Morgan fingerprint density at radius 3 is 2.42 bits per heavy atom. The fourth-order valence-electron chi connectivity index (χ4n) is 2.65. The highest BCUT2D eigenvalue weighted by Crippen LogP contribution is 2.23. The van der Waals surface area contributed by atoms with Gasteiger partial charge in [0.15, 0.2) is 0 Å². The van der Waals surface area contributed by atoms with Gasteiger partial charge in [-0.3, -0.25) is 4.79 Å². The lowest BCUT2D eigenvalue weighted by molar-refractivity contribution is -0.121. The second-order valence-electron chi connectivity index (χ2n) is 6.06. The van der Waals surface area contributed by atoms with Gasteiger partial charge in [0.1, 0.15) is 10.8 Å². The van der Waals surface area contributed by atoms with Gasteiger partial charge in [0.05, 0.1) is 12.1 Å². The topological polar surface area (TPSA) is 30.0 Å². The van der Waals surface area contributed by atoms with Gasteiger partial charge in [-0.05, 0) is 18.4 Å². The molecule has 0 saturated carbocycles. The molecule has 0 unspecified atom stereocenters. The lowest BCUT2D eigenvalue weighted by Gasteiger charge is -2.09. The number of carbonyl (C=O) groups excluding carboxylic acids is 1. The second-order valence-corrected chi connectivity index (χ2v) is 7.00. The van der Waals surface area contributed by atoms with Crippen LogP contribution in [0.2, 0.25) is 0 Å². The quantitative estimate of drug-likeness (QED) is 0.594. The number of Topliss-reactive ketones (excluding diaryl/α,β-unsaturated/α-hetero) is 1. The number of aromatic nitrogens is 1. The Hall–Kier alpha value is -2.26. The maximum atomic E-state index is 12.4. The highest BCUT2D eigenvalue weighted by atomic mass is 32.1. The minimum atomic E-state index is 0.0641. The fraction of sp³-hybridized carbons (Fsp3) is 0.238. The molecular formula is C21H21NOS. The van der Waals surface area contributed by atoms with Gasteiger partial charge in [0, 0.05) is 16.9 Å². The van der Waals surface area contributed by atoms with E-state index in [2.05, 4.69) is 17.1 Å². The van der Waals surface area contributed by atoms with Crippen LogP contribution in [0.4, 0.5) is 0 Å². The third kappa shape index (κ3) is 4.39. The van der Waals surface area contributed by atoms with Crippen molar-refractivity contribution in [1.29, 1.82) is 0 Å². The first-order valence-electron chi connectivity index (χ1n) is 8.29. The molecule has 0 amide bonds. The van der Waals surface area contributed by atoms with Crippen molar-refractivity contribution in [3.05, 3.63) is 76.6 Å². The van der Waals surface area contributed by atoms with Gasteiger partial charge in [0.2, 0.25) is 0 Å². The van der Waals surface area contributed by atoms with Crippen LogP contribution < -0.4 is 0 Å². The molecule has 24 heavy (non-hydrogen) atoms. The first-order valence-corrected chi connectivity index (χ1v) is 9.17. The Bertz CT molecular complexity index is 780. The normalized spacial score (nSPS) is 12.0. The van der Waals surface area contributed by atoms with Crippen molar-refractivity contribution in [2.24, 2.45) is 5.92 Å². The van der Waals surface area contributed by atoms with Crippen LogP contribution in [-0.4, -0.2) is 10.8 Å². The number of benzene rings is 2. The number of nitrogens with zero attached hydrogens (tertiary/aromatic N) is 1. The third-order valence-electron chi connectivity index (χ3n) is 4.21. The summed E-state index contributed by atoms with van der Waals surface area (Å²) in [5.41, 5.74) is 3.35. The van der Waals surface area contributed by atoms with Crippen LogP contribution in [-0.2, 0) is 17.6 Å². The van der Waals surface area contributed by atoms with Crippen molar-refractivity contribution < 1.29 is 4.79 Å². The molecule has 0 aliphatic carbocycles. The summed E-state index contributed by atoms with van der Waals surface area (Å²) < 4.78 is 0. The predicted octanol–water partition coefficient (Wildman–Crippen LogP) is 5.19. The van der Waals surface area contributed by atoms with Gasteiger partial charge < -0.3 is 0 Å². The third-order valence-corrected chi connectivity index (χ3v) is 5.05. The molecule has 0 spiro atoms. The van der Waals surface area contributed by atoms with Crippen LogP contribution in [0.3, 0.4) is 0 Å². The van der Waals surface area contributed by atoms with E-state index in [4.69, 9.17) is 0 Å². The molecule has 1 heterocycles. The molecule has 1 aromatic heterocycles. The fourth-order valence-corrected chi connectivity index (χ4v) is 3.46. The van der Waals surface area contributed by atoms with E-state index in [0.717, 1.165) is 29.1 Å². The number of hydrogen-bond donors (Lipinski definition) is 0. The zero-order chi connectivity index (χ0) is 16.8. The molecule has 3 heteroatoms. The van der Waals surface area contributed by atoms with Gasteiger partial charge in [-0.15, -0.1) is 11.3 Å². The summed E-state index contributed by atoms with van der Waals surface area (Å²) in [7, 11) is 0. The minimum Gasteiger partial charge on any atom is -0.299 e. The number of carbonyl (C=O) groups is 1. The van der Waals surface area contributed by atoms with Crippen LogP contribution in [0.5, 0.6) is 0 Å². The van der Waals surface area contributed by atoms with Gasteiger partial charge >= 0.3 is 0 Å². The Labute approximate surface area is 147 Å². The summed E-state index contributed by atoms with van der Waals surface area (Å²) in [6, 6.07) is 20.4. The second kappa shape index (κ2) is 8.02. The van der Waals surface area contributed by atoms with E-state index in [9.17, 15) is 4.79 Å². The molecule has 122 valence electrons. The number of aryl methyl sites for hydroxylation is 1. The van der Waals surface area contributed by atoms with E-state index in [-0.39, 0.29) is 11.7 Å². The van der Waals surface area contributed by atoms with Gasteiger partial charge in [-0.25, -0.2) is 4.98 Å². The number of hydrogen-bond acceptors (Lipinski definition) is 3. The molecule has 3 aromatic rings. The van der Waals surface area contributed by atoms with Crippen molar-refractivity contribution in [2.45, 2.75) is 26.2 Å². The van der Waals surface area contributed by atoms with Gasteiger partial charge in [0.25, 0.3) is 0 Å². The molecule has 0 fully saturated rings. The lowest BCUT2D eigenvalue weighted by atomic mass is 9.96. The number of thiazole rings is 1. The molecular weight excluding hydrogens is 314 g/mol. The van der Waals surface area contributed by atoms with Crippen LogP contribution in [0.25, 0.3) is 11.3 Å². The summed E-state index contributed by atoms with van der Waals surface area (Å²) in [5, 5.41) is 2.94. The molecule has 0 radical (unpaired) electrons. The summed E-state index contributed by atoms with van der Waals surface area (Å²) in [6.07, 6.45) is 2.27. The van der Waals surface area contributed by atoms with E-state index in [1.165, 1.54) is 5.56 Å². The monoisotopic (exact) mass is 335 g/mol. The molecule has 0 bridgehead atoms. The molecule has 1 atom stereocenters. The van der Waals surface area contributed by atoms with Crippen molar-refractivity contribution in [3.63, 3.8) is 0 Å². The van der Waals surface area contributed by atoms with Crippen LogP contribution in [0.1, 0.15) is 23.9 Å². The van der Waals surface area contributed by atoms with E-state index < -0.39 is 0 Å². The largest absolute Gasteiger partial charge is 0.299 e. The Balaban J connectivity index is 1.55. The van der Waals surface area contributed by atoms with Gasteiger partial charge in [-0.2, -0.15) is 0 Å². The van der Waals surface area contributed by atoms with E-state index in [0.29, 0.717) is 6.42 Å². The molecule has 0 N–H and O–H groups in total. The van der Waals surface area contributed by atoms with E-state index in [1.54, 1.807) is 11.3 Å². The highest BCUT2D eigenvalue weighted by Gasteiger charge is 2.15. The van der Waals surface area contributed by atoms with Crippen LogP contribution >= 0.6 is 11.3 Å². The van der Waals surface area contributed by atoms with Crippen LogP contribution in [0, 0.1) is 5.92 Å². The van der Waals surface area contributed by atoms with E-state index >= 15 is 0 Å². The predicted molar refractivity (Wildman–Crippen MR) is 100 cm³/mol. The Morgan fingerprint density at radius 2 is 1.71 bits per heavy atom. The number of rotatable bonds is 7. The van der Waals surface area contributed by atoms with Gasteiger partial charge in [-0.1, -0.05) is 67.6 Å². The molecule has 0 aliphatic rings. The Morgan fingerprint density at radius 1 is 1.04 bits per heavy atom. The molecule has 3 rings (SSSR count). The average molecular weight is 335 g/mol. The average Bonchev–Trinajstić information content (AvgIpc) is 3.10. The smallest absolute Gasteiger partial charge is 0.142 e. The van der Waals surface area contributed by atoms with Crippen molar-refractivity contribution in [2.75, 3.05) is 0 Å². The molecule has 2 nitrogen and oxygen atoms in total. The summed E-state index contributed by atoms with van der Waals surface area (Å²) >= 11 is 1.57. The maximum absolute atomic E-state index is 12.4. The lowest BCUT2D eigenvalue weighted by Crippen LogP contribution is -2.14. The van der Waals surface area contributed by atoms with Crippen molar-refractivity contribution >= 4 is 17.1 Å². The summed E-state index contributed by atoms with van der Waals surface area (Å²) in [4.78, 5) is 17.1. The van der Waals surface area contributed by atoms with Crippen molar-refractivity contribution in [1.82, 2.24) is 4.98 Å². The maximum Gasteiger partial charge on any atom is 0.142 e. The summed E-state index contributed by atoms with van der Waals surface area (Å²) in [5.74, 6) is 0.342. The first kappa shape index (κ1) is 16.6. The van der Waals surface area contributed by atoms with Crippen LogP contribution in [0.15, 0.2) is 66.0 Å². The SMILES string of the molecule is C[C@@H](CCc1ccccc1)C(=O)Cc1nc(-c2ccccc2)cs1. The molecule has 2 aromatic carbocycles. The standard InChI is InChI=1S/C21H21NOS/c1-16(12-13-17-8-4-2-5-9-17)20(23)14-21-22-19(15-24-21)18-10-6-3-7-11-18/h2-11,15-16H,12-14H2,1H3/t16-/m0/s1. The van der Waals surface area contributed by atoms with E-state index in [1.807, 2.05) is 60.8 Å². The minimum absolute atomic E-state index is 0.0641. The zero-order valence-electron chi connectivity index (χ0n) is 13.8. The molecule has 0 saturated heterocycles. The zero-order valence-corrected chi connectivity index (χ0v) is 14.6. The molecule has 0 aliphatic heterocycles. The summed E-state index contributed by atoms with van der Waals surface area (Å²) in [6.45, 7) is 2.02. The Kier molecular flexibility index (Phi) is 5.55. The van der Waals surface area contributed by atoms with Crippen molar-refractivity contribution in [3.8, 4) is 11.3 Å². The first-order chi connectivity index (χ1) is 11.7. The number of ketones is 1. The highest BCUT2D eigenvalue weighted by molar-refractivity contribution is 7.10.